The van der Waals surface area contributed by atoms with Gasteiger partial charge in [0.2, 0.25) is 0 Å². The Balaban J connectivity index is 1.68. The SMILES string of the molecule is COCCCN1CCC(F)(NC(=O)c2nn(C(C)C)c3ccccc23)CC1. The molecule has 1 aromatic carbocycles. The summed E-state index contributed by atoms with van der Waals surface area (Å²) in [6.07, 6.45) is 1.50. The van der Waals surface area contributed by atoms with Gasteiger partial charge >= 0.3 is 0 Å². The molecule has 27 heavy (non-hydrogen) atoms. The first-order valence-corrected chi connectivity index (χ1v) is 9.63. The number of amides is 1. The average molecular weight is 376 g/mol. The monoisotopic (exact) mass is 376 g/mol. The van der Waals surface area contributed by atoms with Crippen LogP contribution in [-0.2, 0) is 4.74 Å². The number of ether oxygens (including phenoxy) is 1. The molecule has 0 atom stereocenters. The second-order valence-corrected chi connectivity index (χ2v) is 7.51. The first kappa shape index (κ1) is 19.8. The highest BCUT2D eigenvalue weighted by molar-refractivity contribution is 6.05. The van der Waals surface area contributed by atoms with Crippen molar-refractivity contribution in [3.05, 3.63) is 30.0 Å². The number of carbonyl (C=O) groups excluding carboxylic acids is 1. The molecule has 1 N–H and O–H groups in total. The lowest BCUT2D eigenvalue weighted by Gasteiger charge is -2.36. The van der Waals surface area contributed by atoms with E-state index in [9.17, 15) is 4.79 Å². The third-order valence-electron chi connectivity index (χ3n) is 5.13. The molecule has 1 saturated heterocycles. The summed E-state index contributed by atoms with van der Waals surface area (Å²) in [4.78, 5) is 15.0. The molecule has 0 aliphatic carbocycles. The summed E-state index contributed by atoms with van der Waals surface area (Å²) in [6, 6.07) is 7.70. The third-order valence-corrected chi connectivity index (χ3v) is 5.13. The van der Waals surface area contributed by atoms with Gasteiger partial charge in [-0.25, -0.2) is 4.39 Å². The van der Waals surface area contributed by atoms with Crippen molar-refractivity contribution in [2.45, 2.75) is 44.9 Å². The van der Waals surface area contributed by atoms with Crippen LogP contribution in [0.2, 0.25) is 0 Å². The lowest BCUT2D eigenvalue weighted by Crippen LogP contribution is -2.52. The zero-order valence-electron chi connectivity index (χ0n) is 16.4. The minimum Gasteiger partial charge on any atom is -0.385 e. The zero-order chi connectivity index (χ0) is 19.4. The Kier molecular flexibility index (Phi) is 6.11. The number of fused-ring (bicyclic) bond motifs is 1. The number of likely N-dealkylation sites (tertiary alicyclic amines) is 1. The molecule has 3 rings (SSSR count). The summed E-state index contributed by atoms with van der Waals surface area (Å²) in [6.45, 7) is 6.87. The van der Waals surface area contributed by atoms with Gasteiger partial charge in [0, 0.05) is 57.6 Å². The number of nitrogens with one attached hydrogen (secondary N) is 1. The molecule has 0 unspecified atom stereocenters. The fourth-order valence-corrected chi connectivity index (χ4v) is 3.60. The van der Waals surface area contributed by atoms with Crippen molar-refractivity contribution in [2.24, 2.45) is 0 Å². The van der Waals surface area contributed by atoms with Gasteiger partial charge in [-0.2, -0.15) is 5.10 Å². The van der Waals surface area contributed by atoms with Crippen molar-refractivity contribution in [3.8, 4) is 0 Å². The second-order valence-electron chi connectivity index (χ2n) is 7.51. The second kappa shape index (κ2) is 8.35. The van der Waals surface area contributed by atoms with E-state index in [2.05, 4.69) is 15.3 Å². The number of hydrogen-bond acceptors (Lipinski definition) is 4. The van der Waals surface area contributed by atoms with Crippen molar-refractivity contribution in [3.63, 3.8) is 0 Å². The molecule has 2 heterocycles. The quantitative estimate of drug-likeness (QED) is 0.596. The fraction of sp³-hybridized carbons (Fsp3) is 0.600. The molecule has 1 aliphatic heterocycles. The smallest absolute Gasteiger partial charge is 0.274 e. The first-order valence-electron chi connectivity index (χ1n) is 9.63. The summed E-state index contributed by atoms with van der Waals surface area (Å²) in [5.41, 5.74) is 1.18. The summed E-state index contributed by atoms with van der Waals surface area (Å²) in [7, 11) is 1.68. The van der Waals surface area contributed by atoms with E-state index in [1.165, 1.54) is 0 Å². The molecule has 0 bridgehead atoms. The number of hydrogen-bond donors (Lipinski definition) is 1. The Hall–Kier alpha value is -1.99. The first-order chi connectivity index (χ1) is 12.9. The number of carbonyl (C=O) groups is 1. The molecular weight excluding hydrogens is 347 g/mol. The van der Waals surface area contributed by atoms with E-state index < -0.39 is 11.7 Å². The minimum atomic E-state index is -1.68. The van der Waals surface area contributed by atoms with Gasteiger partial charge in [0.25, 0.3) is 5.91 Å². The average Bonchev–Trinajstić information content (AvgIpc) is 3.04. The molecular formula is C20H29FN4O2. The van der Waals surface area contributed by atoms with Crippen LogP contribution in [0.5, 0.6) is 0 Å². The number of alkyl halides is 1. The van der Waals surface area contributed by atoms with E-state index in [-0.39, 0.29) is 18.9 Å². The lowest BCUT2D eigenvalue weighted by molar-refractivity contribution is 0.0246. The lowest BCUT2D eigenvalue weighted by atomic mass is 10.0. The van der Waals surface area contributed by atoms with Gasteiger partial charge < -0.3 is 15.0 Å². The van der Waals surface area contributed by atoms with Gasteiger partial charge in [0.1, 0.15) is 0 Å². The molecule has 7 heteroatoms. The van der Waals surface area contributed by atoms with Crippen molar-refractivity contribution >= 4 is 16.8 Å². The Morgan fingerprint density at radius 2 is 2.04 bits per heavy atom. The Labute approximate surface area is 159 Å². The zero-order valence-corrected chi connectivity index (χ0v) is 16.4. The number of rotatable bonds is 7. The maximum atomic E-state index is 15.2. The van der Waals surface area contributed by atoms with E-state index >= 15 is 4.39 Å². The maximum absolute atomic E-state index is 15.2. The Morgan fingerprint density at radius 3 is 2.70 bits per heavy atom. The molecule has 1 amide bonds. The van der Waals surface area contributed by atoms with Gasteiger partial charge in [-0.3, -0.25) is 9.48 Å². The Bertz CT molecular complexity index is 781. The predicted molar refractivity (Wildman–Crippen MR) is 104 cm³/mol. The summed E-state index contributed by atoms with van der Waals surface area (Å²) >= 11 is 0. The minimum absolute atomic E-state index is 0.117. The Morgan fingerprint density at radius 1 is 1.33 bits per heavy atom. The molecule has 2 aromatic rings. The number of methoxy groups -OCH3 is 1. The van der Waals surface area contributed by atoms with Crippen LogP contribution >= 0.6 is 0 Å². The topological polar surface area (TPSA) is 59.4 Å². The van der Waals surface area contributed by atoms with E-state index in [1.807, 2.05) is 42.8 Å². The van der Waals surface area contributed by atoms with Crippen LogP contribution in [0.4, 0.5) is 4.39 Å². The number of para-hydroxylation sites is 1. The number of piperidine rings is 1. The van der Waals surface area contributed by atoms with Crippen LogP contribution in [-0.4, -0.2) is 59.7 Å². The van der Waals surface area contributed by atoms with Crippen molar-refractivity contribution in [2.75, 3.05) is 33.4 Å². The number of halogens is 1. The number of benzene rings is 1. The van der Waals surface area contributed by atoms with Gasteiger partial charge in [-0.1, -0.05) is 18.2 Å². The summed E-state index contributed by atoms with van der Waals surface area (Å²) in [5.74, 6) is -2.13. The third kappa shape index (κ3) is 4.47. The van der Waals surface area contributed by atoms with E-state index in [0.29, 0.717) is 25.4 Å². The van der Waals surface area contributed by atoms with Crippen LogP contribution < -0.4 is 5.32 Å². The molecule has 1 aromatic heterocycles. The molecule has 6 nitrogen and oxygen atoms in total. The van der Waals surface area contributed by atoms with E-state index in [0.717, 1.165) is 23.9 Å². The van der Waals surface area contributed by atoms with Crippen LogP contribution in [0.1, 0.15) is 49.6 Å². The van der Waals surface area contributed by atoms with Crippen molar-refractivity contribution in [1.29, 1.82) is 0 Å². The predicted octanol–water partition coefficient (Wildman–Crippen LogP) is 3.15. The molecule has 0 radical (unpaired) electrons. The van der Waals surface area contributed by atoms with Gasteiger partial charge in [-0.15, -0.1) is 0 Å². The molecule has 0 saturated carbocycles. The molecule has 1 fully saturated rings. The molecule has 0 spiro atoms. The van der Waals surface area contributed by atoms with Crippen LogP contribution in [0.15, 0.2) is 24.3 Å². The highest BCUT2D eigenvalue weighted by Gasteiger charge is 2.37. The highest BCUT2D eigenvalue weighted by atomic mass is 19.1. The fourth-order valence-electron chi connectivity index (χ4n) is 3.60. The number of aromatic nitrogens is 2. The number of nitrogens with zero attached hydrogens (tertiary/aromatic N) is 3. The molecule has 1 aliphatic rings. The normalized spacial score (nSPS) is 17.5. The largest absolute Gasteiger partial charge is 0.385 e. The van der Waals surface area contributed by atoms with Gasteiger partial charge in [-0.05, 0) is 26.3 Å². The standard InChI is InChI=1S/C20H29FN4O2/c1-15(2)25-17-8-5-4-7-16(17)18(23-25)19(26)22-20(21)9-12-24(13-10-20)11-6-14-27-3/h4-5,7-8,15H,6,9-14H2,1-3H3,(H,22,26). The summed E-state index contributed by atoms with van der Waals surface area (Å²) in [5, 5.41) is 7.83. The maximum Gasteiger partial charge on any atom is 0.274 e. The van der Waals surface area contributed by atoms with Crippen LogP contribution in [0.3, 0.4) is 0 Å². The summed E-state index contributed by atoms with van der Waals surface area (Å²) < 4.78 is 22.1. The van der Waals surface area contributed by atoms with E-state index in [1.54, 1.807) is 7.11 Å². The van der Waals surface area contributed by atoms with Gasteiger partial charge in [0.15, 0.2) is 11.5 Å². The van der Waals surface area contributed by atoms with Crippen molar-refractivity contribution in [1.82, 2.24) is 20.0 Å². The van der Waals surface area contributed by atoms with Crippen LogP contribution in [0.25, 0.3) is 10.9 Å². The molecule has 148 valence electrons. The van der Waals surface area contributed by atoms with Crippen molar-refractivity contribution < 1.29 is 13.9 Å². The highest BCUT2D eigenvalue weighted by Crippen LogP contribution is 2.26. The van der Waals surface area contributed by atoms with Crippen LogP contribution in [0, 0.1) is 0 Å². The van der Waals surface area contributed by atoms with E-state index in [4.69, 9.17) is 4.74 Å². The van der Waals surface area contributed by atoms with Gasteiger partial charge in [0.05, 0.1) is 5.52 Å².